The van der Waals surface area contributed by atoms with Crippen molar-refractivity contribution < 1.29 is 0 Å². The van der Waals surface area contributed by atoms with Crippen LogP contribution >= 0.6 is 11.6 Å². The van der Waals surface area contributed by atoms with Crippen molar-refractivity contribution in [3.8, 4) is 0 Å². The summed E-state index contributed by atoms with van der Waals surface area (Å²) in [5.74, 6) is 0. The Bertz CT molecular complexity index is 363. The molecule has 0 radical (unpaired) electrons. The van der Waals surface area contributed by atoms with Crippen LogP contribution in [0.4, 0.5) is 5.69 Å². The topological polar surface area (TPSA) is 24.9 Å². The molecule has 2 rings (SSSR count). The second kappa shape index (κ2) is 4.62. The lowest BCUT2D eigenvalue weighted by Gasteiger charge is -2.36. The highest BCUT2D eigenvalue weighted by Crippen LogP contribution is 2.36. The molecular weight excluding hydrogens is 220 g/mol. The maximum atomic E-state index is 6.11. The zero-order valence-electron chi connectivity index (χ0n) is 9.96. The molecule has 0 bridgehead atoms. The lowest BCUT2D eigenvalue weighted by atomic mass is 9.75. The maximum Gasteiger partial charge on any atom is 0.0718 e. The van der Waals surface area contributed by atoms with Gasteiger partial charge < -0.3 is 5.32 Å². The number of hydrogen-bond acceptors (Lipinski definition) is 2. The molecule has 0 aliphatic heterocycles. The first kappa shape index (κ1) is 11.7. The molecule has 1 N–H and O–H groups in total. The third kappa shape index (κ3) is 2.88. The van der Waals surface area contributed by atoms with Gasteiger partial charge in [-0.2, -0.15) is 0 Å². The minimum Gasteiger partial charge on any atom is -0.380 e. The Balaban J connectivity index is 2.02. The van der Waals surface area contributed by atoms with Crippen LogP contribution in [0.3, 0.4) is 0 Å². The highest BCUT2D eigenvalue weighted by atomic mass is 35.5. The molecule has 1 aromatic rings. The molecule has 0 spiro atoms. The quantitative estimate of drug-likeness (QED) is 0.839. The largest absolute Gasteiger partial charge is 0.380 e. The molecule has 0 aromatic carbocycles. The predicted octanol–water partition coefficient (Wildman–Crippen LogP) is 4.12. The Kier molecular flexibility index (Phi) is 3.38. The summed E-state index contributed by atoms with van der Waals surface area (Å²) in [6, 6.07) is 2.36. The van der Waals surface area contributed by atoms with Crippen molar-refractivity contribution in [1.82, 2.24) is 4.98 Å². The van der Waals surface area contributed by atoms with E-state index < -0.39 is 0 Å². The second-order valence-electron chi connectivity index (χ2n) is 5.46. The summed E-state index contributed by atoms with van der Waals surface area (Å²) in [6.45, 7) is 4.68. The molecule has 1 aromatic heterocycles. The third-order valence-corrected chi connectivity index (χ3v) is 3.66. The molecule has 1 unspecified atom stereocenters. The van der Waals surface area contributed by atoms with E-state index in [1.54, 1.807) is 6.20 Å². The Morgan fingerprint density at radius 1 is 1.50 bits per heavy atom. The van der Waals surface area contributed by atoms with Gasteiger partial charge >= 0.3 is 0 Å². The van der Waals surface area contributed by atoms with Gasteiger partial charge in [0.05, 0.1) is 16.9 Å². The van der Waals surface area contributed by atoms with E-state index in [0.717, 1.165) is 10.7 Å². The van der Waals surface area contributed by atoms with Gasteiger partial charge in [-0.15, -0.1) is 0 Å². The molecule has 3 heteroatoms. The number of halogens is 1. The van der Waals surface area contributed by atoms with Crippen molar-refractivity contribution in [1.29, 1.82) is 0 Å². The fraction of sp³-hybridized carbons (Fsp3) is 0.615. The lowest BCUT2D eigenvalue weighted by molar-refractivity contribution is 0.229. The zero-order chi connectivity index (χ0) is 11.6. The molecule has 1 atom stereocenters. The van der Waals surface area contributed by atoms with Crippen LogP contribution in [-0.2, 0) is 0 Å². The summed E-state index contributed by atoms with van der Waals surface area (Å²) in [5.41, 5.74) is 1.41. The van der Waals surface area contributed by atoms with Crippen molar-refractivity contribution >= 4 is 17.3 Å². The summed E-state index contributed by atoms with van der Waals surface area (Å²) in [5, 5.41) is 4.27. The Morgan fingerprint density at radius 3 is 3.00 bits per heavy atom. The number of nitrogens with zero attached hydrogens (tertiary/aromatic N) is 1. The van der Waals surface area contributed by atoms with Crippen LogP contribution in [0.15, 0.2) is 18.5 Å². The molecular formula is C13H19ClN2. The molecule has 16 heavy (non-hydrogen) atoms. The Morgan fingerprint density at radius 2 is 2.31 bits per heavy atom. The van der Waals surface area contributed by atoms with Crippen LogP contribution in [0.2, 0.25) is 5.02 Å². The van der Waals surface area contributed by atoms with Crippen LogP contribution < -0.4 is 5.32 Å². The van der Waals surface area contributed by atoms with Crippen LogP contribution in [0.5, 0.6) is 0 Å². The van der Waals surface area contributed by atoms with Gasteiger partial charge in [-0.1, -0.05) is 31.9 Å². The summed E-state index contributed by atoms with van der Waals surface area (Å²) in [4.78, 5) is 4.10. The molecule has 0 amide bonds. The minimum absolute atomic E-state index is 0.449. The van der Waals surface area contributed by atoms with Crippen molar-refractivity contribution in [3.63, 3.8) is 0 Å². The molecule has 1 aliphatic carbocycles. The molecule has 1 aliphatic rings. The zero-order valence-corrected chi connectivity index (χ0v) is 10.7. The van der Waals surface area contributed by atoms with Gasteiger partial charge in [0.25, 0.3) is 0 Å². The maximum absolute atomic E-state index is 6.11. The molecule has 1 heterocycles. The summed E-state index contributed by atoms with van der Waals surface area (Å²) in [6.07, 6.45) is 8.59. The standard InChI is InChI=1S/C13H19ClN2/c1-13(2)6-3-4-10(8-13)16-12-9-15-7-5-11(12)14/h5,7,9-10,16H,3-4,6,8H2,1-2H3. The first-order valence-corrected chi connectivity index (χ1v) is 6.31. The summed E-state index contributed by atoms with van der Waals surface area (Å²) < 4.78 is 0. The SMILES string of the molecule is CC1(C)CCCC(Nc2cnccc2Cl)C1. The summed E-state index contributed by atoms with van der Waals surface area (Å²) in [7, 11) is 0. The van der Waals surface area contributed by atoms with Gasteiger partial charge in [-0.25, -0.2) is 0 Å². The van der Waals surface area contributed by atoms with Crippen LogP contribution in [0, 0.1) is 5.41 Å². The first-order valence-electron chi connectivity index (χ1n) is 5.93. The van der Waals surface area contributed by atoms with Crippen molar-refractivity contribution in [2.75, 3.05) is 5.32 Å². The number of nitrogens with one attached hydrogen (secondary N) is 1. The molecule has 88 valence electrons. The Hall–Kier alpha value is -0.760. The number of pyridine rings is 1. The van der Waals surface area contributed by atoms with Crippen molar-refractivity contribution in [2.24, 2.45) is 5.41 Å². The van der Waals surface area contributed by atoms with Gasteiger partial charge in [0.2, 0.25) is 0 Å². The van der Waals surface area contributed by atoms with Crippen LogP contribution in [0.25, 0.3) is 0 Å². The van der Waals surface area contributed by atoms with E-state index in [9.17, 15) is 0 Å². The normalized spacial score (nSPS) is 24.1. The van der Waals surface area contributed by atoms with E-state index in [0.29, 0.717) is 11.5 Å². The highest BCUT2D eigenvalue weighted by Gasteiger charge is 2.27. The van der Waals surface area contributed by atoms with E-state index in [2.05, 4.69) is 24.1 Å². The number of aromatic nitrogens is 1. The van der Waals surface area contributed by atoms with Gasteiger partial charge in [0.15, 0.2) is 0 Å². The molecule has 1 saturated carbocycles. The van der Waals surface area contributed by atoms with Gasteiger partial charge in [0.1, 0.15) is 0 Å². The van der Waals surface area contributed by atoms with Crippen LogP contribution in [-0.4, -0.2) is 11.0 Å². The molecule has 1 fully saturated rings. The second-order valence-corrected chi connectivity index (χ2v) is 5.86. The van der Waals surface area contributed by atoms with Crippen molar-refractivity contribution in [3.05, 3.63) is 23.5 Å². The Labute approximate surface area is 102 Å². The fourth-order valence-corrected chi connectivity index (χ4v) is 2.68. The minimum atomic E-state index is 0.449. The summed E-state index contributed by atoms with van der Waals surface area (Å²) >= 11 is 6.11. The molecule has 0 saturated heterocycles. The third-order valence-electron chi connectivity index (χ3n) is 3.33. The first-order chi connectivity index (χ1) is 7.57. The van der Waals surface area contributed by atoms with Crippen LogP contribution in [0.1, 0.15) is 39.5 Å². The average molecular weight is 239 g/mol. The monoisotopic (exact) mass is 238 g/mol. The van der Waals surface area contributed by atoms with E-state index >= 15 is 0 Å². The van der Waals surface area contributed by atoms with E-state index in [1.807, 2.05) is 12.3 Å². The smallest absolute Gasteiger partial charge is 0.0718 e. The van der Waals surface area contributed by atoms with Gasteiger partial charge in [0, 0.05) is 12.2 Å². The van der Waals surface area contributed by atoms with Gasteiger partial charge in [-0.3, -0.25) is 4.98 Å². The highest BCUT2D eigenvalue weighted by molar-refractivity contribution is 6.33. The van der Waals surface area contributed by atoms with E-state index in [1.165, 1.54) is 25.7 Å². The number of rotatable bonds is 2. The number of hydrogen-bond donors (Lipinski definition) is 1. The molecule has 2 nitrogen and oxygen atoms in total. The van der Waals surface area contributed by atoms with Gasteiger partial charge in [-0.05, 0) is 30.7 Å². The average Bonchev–Trinajstić information content (AvgIpc) is 2.20. The van der Waals surface area contributed by atoms with E-state index in [-0.39, 0.29) is 0 Å². The lowest BCUT2D eigenvalue weighted by Crippen LogP contribution is -2.31. The fourth-order valence-electron chi connectivity index (χ4n) is 2.52. The predicted molar refractivity (Wildman–Crippen MR) is 68.9 cm³/mol. The van der Waals surface area contributed by atoms with E-state index in [4.69, 9.17) is 11.6 Å². The number of anilines is 1. The van der Waals surface area contributed by atoms with Crippen molar-refractivity contribution in [2.45, 2.75) is 45.6 Å².